The summed E-state index contributed by atoms with van der Waals surface area (Å²) in [5.41, 5.74) is 0. The van der Waals surface area contributed by atoms with Crippen LogP contribution in [0, 0.1) is 0 Å². The number of hydrogen-bond donors (Lipinski definition) is 0. The summed E-state index contributed by atoms with van der Waals surface area (Å²) in [7, 11) is 0.870. The maximum absolute atomic E-state index is 5.70. The topological polar surface area (TPSA) is 49.5 Å². The first-order valence-electron chi connectivity index (χ1n) is 5.70. The molecule has 0 aromatic carbocycles. The molecule has 96 valence electrons. The molecule has 0 aromatic rings. The maximum Gasteiger partial charge on any atom is 0.500 e. The second-order valence-corrected chi connectivity index (χ2v) is 6.69. The second-order valence-electron chi connectivity index (χ2n) is 3.72. The number of ether oxygens (including phenoxy) is 2. The molecule has 1 saturated heterocycles. The van der Waals surface area contributed by atoms with Crippen molar-refractivity contribution in [3.8, 4) is 0 Å². The van der Waals surface area contributed by atoms with Gasteiger partial charge in [0.2, 0.25) is 0 Å². The van der Waals surface area contributed by atoms with Gasteiger partial charge in [0.15, 0.2) is 0 Å². The molecule has 1 aliphatic rings. The van der Waals surface area contributed by atoms with Crippen LogP contribution in [0.3, 0.4) is 0 Å². The molecule has 0 bridgehead atoms. The van der Waals surface area contributed by atoms with E-state index in [9.17, 15) is 0 Å². The van der Waals surface area contributed by atoms with Crippen molar-refractivity contribution in [2.75, 3.05) is 40.6 Å². The fraction of sp³-hybridized carbons (Fsp3) is 1.00. The molecule has 0 saturated carbocycles. The Bertz CT molecular complexity index is 182. The van der Waals surface area contributed by atoms with E-state index in [0.29, 0.717) is 25.9 Å². The summed E-state index contributed by atoms with van der Waals surface area (Å²) in [4.78, 5) is 0. The number of epoxide rings is 1. The Balaban J connectivity index is 2.09. The Kier molecular flexibility index (Phi) is 6.48. The lowest BCUT2D eigenvalue weighted by molar-refractivity contribution is 0.0450. The van der Waals surface area contributed by atoms with Crippen LogP contribution in [0.1, 0.15) is 13.3 Å². The van der Waals surface area contributed by atoms with E-state index in [4.69, 9.17) is 22.8 Å². The highest BCUT2D eigenvalue weighted by Crippen LogP contribution is 2.15. The Hall–Kier alpha value is 0.0169. The van der Waals surface area contributed by atoms with E-state index in [-0.39, 0.29) is 0 Å². The molecule has 6 heteroatoms. The third kappa shape index (κ3) is 4.90. The predicted molar refractivity (Wildman–Crippen MR) is 61.4 cm³/mol. The van der Waals surface area contributed by atoms with E-state index >= 15 is 0 Å². The Morgan fingerprint density at radius 3 is 2.44 bits per heavy atom. The molecule has 5 nitrogen and oxygen atoms in total. The number of hydrogen-bond acceptors (Lipinski definition) is 5. The lowest BCUT2D eigenvalue weighted by Crippen LogP contribution is -2.44. The van der Waals surface area contributed by atoms with Crippen molar-refractivity contribution in [3.63, 3.8) is 0 Å². The Labute approximate surface area is 98.3 Å². The van der Waals surface area contributed by atoms with Gasteiger partial charge in [-0.05, 0) is 0 Å². The first kappa shape index (κ1) is 14.1. The van der Waals surface area contributed by atoms with E-state index in [1.165, 1.54) is 0 Å². The van der Waals surface area contributed by atoms with Crippen molar-refractivity contribution < 1.29 is 22.8 Å². The third-order valence-corrected chi connectivity index (χ3v) is 5.43. The summed E-state index contributed by atoms with van der Waals surface area (Å²) < 4.78 is 26.9. The van der Waals surface area contributed by atoms with Crippen LogP contribution < -0.4 is 0 Å². The quantitative estimate of drug-likeness (QED) is 0.330. The fourth-order valence-corrected chi connectivity index (χ4v) is 3.38. The smallest absolute Gasteiger partial charge is 0.377 e. The first-order valence-corrected chi connectivity index (χ1v) is 7.63. The summed E-state index contributed by atoms with van der Waals surface area (Å²) in [5, 5.41) is 0. The third-order valence-electron chi connectivity index (χ3n) is 2.43. The average Bonchev–Trinajstić information content (AvgIpc) is 3.11. The summed E-state index contributed by atoms with van der Waals surface area (Å²) in [6.45, 7) is 4.65. The van der Waals surface area contributed by atoms with Crippen LogP contribution in [0.15, 0.2) is 0 Å². The molecule has 1 atom stereocenters. The molecule has 0 aromatic heterocycles. The van der Waals surface area contributed by atoms with Crippen molar-refractivity contribution in [3.05, 3.63) is 0 Å². The van der Waals surface area contributed by atoms with E-state index in [0.717, 1.165) is 19.1 Å². The molecule has 0 N–H and O–H groups in total. The summed E-state index contributed by atoms with van der Waals surface area (Å²) in [5.74, 6) is 0. The molecule has 1 fully saturated rings. The van der Waals surface area contributed by atoms with Gasteiger partial charge >= 0.3 is 8.80 Å². The minimum Gasteiger partial charge on any atom is -0.377 e. The van der Waals surface area contributed by atoms with Gasteiger partial charge < -0.3 is 22.8 Å². The summed E-state index contributed by atoms with van der Waals surface area (Å²) in [6, 6.07) is 0.839. The first-order chi connectivity index (χ1) is 7.76. The largest absolute Gasteiger partial charge is 0.500 e. The highest BCUT2D eigenvalue weighted by molar-refractivity contribution is 6.60. The lowest BCUT2D eigenvalue weighted by atomic mass is 10.5. The van der Waals surface area contributed by atoms with Crippen molar-refractivity contribution >= 4 is 8.80 Å². The van der Waals surface area contributed by atoms with Gasteiger partial charge in [0.05, 0.1) is 26.4 Å². The Morgan fingerprint density at radius 1 is 1.25 bits per heavy atom. The summed E-state index contributed by atoms with van der Waals surface area (Å²) in [6.07, 6.45) is 1.30. The molecular weight excluding hydrogens is 228 g/mol. The predicted octanol–water partition coefficient (Wildman–Crippen LogP) is 1.06. The minimum atomic E-state index is -2.42. The molecule has 1 rings (SSSR count). The van der Waals surface area contributed by atoms with Gasteiger partial charge in [0.25, 0.3) is 0 Å². The molecule has 1 unspecified atom stereocenters. The van der Waals surface area contributed by atoms with Gasteiger partial charge in [-0.15, -0.1) is 0 Å². The van der Waals surface area contributed by atoms with Gasteiger partial charge in [-0.1, -0.05) is 13.3 Å². The van der Waals surface area contributed by atoms with Gasteiger partial charge in [-0.2, -0.15) is 0 Å². The van der Waals surface area contributed by atoms with Crippen LogP contribution in [0.5, 0.6) is 0 Å². The molecule has 16 heavy (non-hydrogen) atoms. The molecule has 1 heterocycles. The van der Waals surface area contributed by atoms with Gasteiger partial charge in [0, 0.05) is 20.3 Å². The molecule has 0 radical (unpaired) electrons. The van der Waals surface area contributed by atoms with E-state index in [1.807, 2.05) is 0 Å². The zero-order chi connectivity index (χ0) is 11.9. The molecule has 0 amide bonds. The molecule has 0 spiro atoms. The number of rotatable bonds is 10. The van der Waals surface area contributed by atoms with Gasteiger partial charge in [-0.3, -0.25) is 0 Å². The lowest BCUT2D eigenvalue weighted by Gasteiger charge is -2.25. The van der Waals surface area contributed by atoms with Crippen LogP contribution in [-0.4, -0.2) is 55.6 Å². The van der Waals surface area contributed by atoms with Crippen LogP contribution in [0.4, 0.5) is 0 Å². The van der Waals surface area contributed by atoms with E-state index in [1.54, 1.807) is 14.2 Å². The molecular formula is C10H22O5Si. The standard InChI is InChI=1S/C10H22O5Si/c1-4-7-16(11-2,12-3)15-6-5-13-8-10-9-14-10/h10H,4-9H2,1-3H3. The zero-order valence-electron chi connectivity index (χ0n) is 10.4. The van der Waals surface area contributed by atoms with Gasteiger partial charge in [-0.25, -0.2) is 0 Å². The monoisotopic (exact) mass is 250 g/mol. The molecule has 0 aliphatic carbocycles. The van der Waals surface area contributed by atoms with E-state index < -0.39 is 8.80 Å². The highest BCUT2D eigenvalue weighted by atomic mass is 28.4. The van der Waals surface area contributed by atoms with Crippen molar-refractivity contribution in [1.82, 2.24) is 0 Å². The Morgan fingerprint density at radius 2 is 1.94 bits per heavy atom. The van der Waals surface area contributed by atoms with Crippen molar-refractivity contribution in [2.24, 2.45) is 0 Å². The van der Waals surface area contributed by atoms with E-state index in [2.05, 4.69) is 6.92 Å². The SMILES string of the molecule is CCC[Si](OC)(OC)OCCOCC1CO1. The highest BCUT2D eigenvalue weighted by Gasteiger charge is 2.37. The molecule has 1 aliphatic heterocycles. The van der Waals surface area contributed by atoms with Crippen molar-refractivity contribution in [2.45, 2.75) is 25.5 Å². The zero-order valence-corrected chi connectivity index (χ0v) is 11.4. The van der Waals surface area contributed by atoms with Crippen LogP contribution in [-0.2, 0) is 22.8 Å². The average molecular weight is 250 g/mol. The minimum absolute atomic E-state index is 0.308. The van der Waals surface area contributed by atoms with Crippen LogP contribution >= 0.6 is 0 Å². The fourth-order valence-electron chi connectivity index (χ4n) is 1.42. The van der Waals surface area contributed by atoms with Crippen LogP contribution in [0.2, 0.25) is 6.04 Å². The second kappa shape index (κ2) is 7.36. The maximum atomic E-state index is 5.70. The van der Waals surface area contributed by atoms with Crippen LogP contribution in [0.25, 0.3) is 0 Å². The summed E-state index contributed by atoms with van der Waals surface area (Å²) >= 11 is 0. The van der Waals surface area contributed by atoms with Gasteiger partial charge in [0.1, 0.15) is 6.10 Å². The van der Waals surface area contributed by atoms with Crippen molar-refractivity contribution in [1.29, 1.82) is 0 Å². The normalized spacial score (nSPS) is 20.1.